The van der Waals surface area contributed by atoms with Crippen molar-refractivity contribution in [3.05, 3.63) is 48.0 Å². The number of aromatic nitrogens is 6. The molecule has 0 unspecified atom stereocenters. The van der Waals surface area contributed by atoms with Crippen LogP contribution in [0.5, 0.6) is 0 Å². The van der Waals surface area contributed by atoms with E-state index in [1.54, 1.807) is 36.7 Å². The van der Waals surface area contributed by atoms with Crippen molar-refractivity contribution in [3.8, 4) is 0 Å². The Kier molecular flexibility index (Phi) is 4.33. The molecule has 126 valence electrons. The first-order chi connectivity index (χ1) is 12.1. The van der Waals surface area contributed by atoms with Gasteiger partial charge in [0, 0.05) is 12.4 Å². The molecule has 0 amide bonds. The monoisotopic (exact) mass is 340 g/mol. The lowest BCUT2D eigenvalue weighted by Crippen LogP contribution is -2.01. The number of aromatic amines is 2. The number of hydrogen-bond donors (Lipinski definition) is 3. The van der Waals surface area contributed by atoms with Crippen LogP contribution < -0.4 is 0 Å². The van der Waals surface area contributed by atoms with Crippen LogP contribution in [0.25, 0.3) is 22.1 Å². The van der Waals surface area contributed by atoms with Crippen LogP contribution in [0.15, 0.2) is 36.7 Å². The van der Waals surface area contributed by atoms with Crippen molar-refractivity contribution in [1.82, 2.24) is 30.4 Å². The van der Waals surface area contributed by atoms with Crippen LogP contribution in [0, 0.1) is 0 Å². The van der Waals surface area contributed by atoms with Crippen molar-refractivity contribution in [2.45, 2.75) is 0 Å². The van der Waals surface area contributed by atoms with E-state index in [9.17, 15) is 9.59 Å². The molecule has 3 N–H and O–H groups in total. The first kappa shape index (κ1) is 16.1. The van der Waals surface area contributed by atoms with E-state index in [-0.39, 0.29) is 5.69 Å². The molecule has 0 aliphatic heterocycles. The zero-order chi connectivity index (χ0) is 17.8. The van der Waals surface area contributed by atoms with Gasteiger partial charge in [0.2, 0.25) is 0 Å². The fourth-order valence-electron chi connectivity index (χ4n) is 2.12. The van der Waals surface area contributed by atoms with Gasteiger partial charge in [0.1, 0.15) is 0 Å². The van der Waals surface area contributed by atoms with Gasteiger partial charge in [-0.2, -0.15) is 10.2 Å². The lowest BCUT2D eigenvalue weighted by atomic mass is 10.3. The summed E-state index contributed by atoms with van der Waals surface area (Å²) in [7, 11) is 1.32. The van der Waals surface area contributed by atoms with Crippen LogP contribution in [0.3, 0.4) is 0 Å². The molecule has 0 aliphatic carbocycles. The second-order valence-electron chi connectivity index (χ2n) is 4.74. The molecule has 0 saturated carbocycles. The first-order valence-electron chi connectivity index (χ1n) is 7.01. The highest BCUT2D eigenvalue weighted by molar-refractivity contribution is 6.00. The van der Waals surface area contributed by atoms with E-state index in [2.05, 4.69) is 35.1 Å². The number of carbonyl (C=O) groups excluding carboxylic acids is 1. The summed E-state index contributed by atoms with van der Waals surface area (Å²) in [5.74, 6) is -1.46. The van der Waals surface area contributed by atoms with Gasteiger partial charge < -0.3 is 9.84 Å². The van der Waals surface area contributed by atoms with Crippen molar-refractivity contribution >= 4 is 34.0 Å². The Morgan fingerprint density at radius 2 is 1.48 bits per heavy atom. The van der Waals surface area contributed by atoms with Crippen molar-refractivity contribution in [2.75, 3.05) is 7.11 Å². The Balaban J connectivity index is 0.000000146. The summed E-state index contributed by atoms with van der Waals surface area (Å²) < 4.78 is 4.56. The van der Waals surface area contributed by atoms with Gasteiger partial charge in [-0.05, 0) is 24.3 Å². The summed E-state index contributed by atoms with van der Waals surface area (Å²) in [6.45, 7) is 0. The fraction of sp³-hybridized carbons (Fsp3) is 0.0667. The Hall–Kier alpha value is -3.82. The smallest absolute Gasteiger partial charge is 0.356 e. The molecule has 0 bridgehead atoms. The topological polar surface area (TPSA) is 147 Å². The fourth-order valence-corrected chi connectivity index (χ4v) is 2.12. The van der Waals surface area contributed by atoms with Crippen LogP contribution in [-0.2, 0) is 4.74 Å². The molecular formula is C15H12N6O4. The number of fused-ring (bicyclic) bond motifs is 2. The highest BCUT2D eigenvalue weighted by Crippen LogP contribution is 2.13. The molecule has 0 saturated heterocycles. The highest BCUT2D eigenvalue weighted by Gasteiger charge is 2.13. The minimum Gasteiger partial charge on any atom is -0.477 e. The van der Waals surface area contributed by atoms with Crippen LogP contribution >= 0.6 is 0 Å². The van der Waals surface area contributed by atoms with E-state index < -0.39 is 11.9 Å². The first-order valence-corrected chi connectivity index (χ1v) is 7.01. The van der Waals surface area contributed by atoms with Crippen molar-refractivity contribution in [2.24, 2.45) is 0 Å². The van der Waals surface area contributed by atoms with Gasteiger partial charge in [-0.15, -0.1) is 0 Å². The van der Waals surface area contributed by atoms with E-state index in [1.807, 2.05) is 0 Å². The van der Waals surface area contributed by atoms with E-state index in [1.165, 1.54) is 7.11 Å². The van der Waals surface area contributed by atoms with E-state index in [4.69, 9.17) is 5.11 Å². The zero-order valence-corrected chi connectivity index (χ0v) is 12.9. The number of H-pyrrole nitrogens is 2. The Labute approximate surface area is 139 Å². The largest absolute Gasteiger partial charge is 0.477 e. The lowest BCUT2D eigenvalue weighted by molar-refractivity contribution is 0.0595. The molecule has 10 nitrogen and oxygen atoms in total. The number of pyridine rings is 2. The minimum absolute atomic E-state index is 0.0816. The maximum Gasteiger partial charge on any atom is 0.356 e. The third-order valence-electron chi connectivity index (χ3n) is 3.26. The maximum atomic E-state index is 11.2. The van der Waals surface area contributed by atoms with Crippen LogP contribution in [0.1, 0.15) is 21.0 Å². The van der Waals surface area contributed by atoms with Crippen LogP contribution in [0.2, 0.25) is 0 Å². The number of nitrogens with one attached hydrogen (secondary N) is 2. The second-order valence-corrected chi connectivity index (χ2v) is 4.74. The molecule has 25 heavy (non-hydrogen) atoms. The standard InChI is InChI=1S/C8H7N3O2.C7H5N3O2/c1-13-8(12)6-5-3-2-4-9-7(5)11-10-6;11-7(12)5-4-2-1-3-8-6(4)10-9-5/h2-4H,1H3,(H,9,10,11);1-3H,(H,11,12)(H,8,9,10). The molecule has 4 aromatic rings. The van der Waals surface area contributed by atoms with E-state index in [0.29, 0.717) is 27.8 Å². The molecule has 4 heterocycles. The molecule has 0 radical (unpaired) electrons. The predicted molar refractivity (Wildman–Crippen MR) is 86.1 cm³/mol. The van der Waals surface area contributed by atoms with E-state index in [0.717, 1.165) is 0 Å². The third kappa shape index (κ3) is 3.13. The molecular weight excluding hydrogens is 328 g/mol. The number of rotatable bonds is 2. The normalized spacial score (nSPS) is 10.3. The Morgan fingerprint density at radius 1 is 0.960 bits per heavy atom. The number of carboxylic acid groups (broad SMARTS) is 1. The predicted octanol–water partition coefficient (Wildman–Crippen LogP) is 1.40. The summed E-state index contributed by atoms with van der Waals surface area (Å²) in [5.41, 5.74) is 1.36. The lowest BCUT2D eigenvalue weighted by Gasteiger charge is -1.93. The van der Waals surface area contributed by atoms with Crippen molar-refractivity contribution in [1.29, 1.82) is 0 Å². The molecule has 4 aromatic heterocycles. The third-order valence-corrected chi connectivity index (χ3v) is 3.26. The summed E-state index contributed by atoms with van der Waals surface area (Å²) in [6.07, 6.45) is 3.18. The number of ether oxygens (including phenoxy) is 1. The van der Waals surface area contributed by atoms with Crippen LogP contribution in [-0.4, -0.2) is 54.5 Å². The Morgan fingerprint density at radius 3 is 2.00 bits per heavy atom. The average Bonchev–Trinajstić information content (AvgIpc) is 3.26. The van der Waals surface area contributed by atoms with Gasteiger partial charge >= 0.3 is 11.9 Å². The molecule has 4 rings (SSSR count). The average molecular weight is 340 g/mol. The van der Waals surface area contributed by atoms with Gasteiger partial charge in [0.25, 0.3) is 0 Å². The molecule has 0 fully saturated rings. The molecule has 10 heteroatoms. The summed E-state index contributed by atoms with van der Waals surface area (Å²) in [4.78, 5) is 29.6. The quantitative estimate of drug-likeness (QED) is 0.464. The SMILES string of the molecule is COC(=O)c1[nH]nc2ncccc12.O=C(O)c1[nH]nc2ncccc12. The Bertz CT molecular complexity index is 1050. The number of esters is 1. The molecule has 0 aromatic carbocycles. The van der Waals surface area contributed by atoms with E-state index >= 15 is 0 Å². The molecule has 0 aliphatic rings. The number of carbonyl (C=O) groups is 2. The van der Waals surface area contributed by atoms with Crippen LogP contribution in [0.4, 0.5) is 0 Å². The minimum atomic E-state index is -1.02. The van der Waals surface area contributed by atoms with Gasteiger partial charge in [-0.25, -0.2) is 19.6 Å². The summed E-state index contributed by atoms with van der Waals surface area (Å²) in [6, 6.07) is 6.84. The maximum absolute atomic E-state index is 11.2. The number of nitrogens with zero attached hydrogens (tertiary/aromatic N) is 4. The number of carboxylic acids is 1. The number of hydrogen-bond acceptors (Lipinski definition) is 7. The summed E-state index contributed by atoms with van der Waals surface area (Å²) >= 11 is 0. The number of aromatic carboxylic acids is 1. The van der Waals surface area contributed by atoms with Gasteiger partial charge in [-0.1, -0.05) is 0 Å². The molecule has 0 spiro atoms. The zero-order valence-electron chi connectivity index (χ0n) is 12.9. The number of methoxy groups -OCH3 is 1. The summed E-state index contributed by atoms with van der Waals surface area (Å²) in [5, 5.41) is 22.4. The van der Waals surface area contributed by atoms with Gasteiger partial charge in [0.15, 0.2) is 22.7 Å². The second kappa shape index (κ2) is 6.74. The van der Waals surface area contributed by atoms with Gasteiger partial charge in [0.05, 0.1) is 17.9 Å². The van der Waals surface area contributed by atoms with Crippen molar-refractivity contribution < 1.29 is 19.4 Å². The highest BCUT2D eigenvalue weighted by atomic mass is 16.5. The van der Waals surface area contributed by atoms with Crippen molar-refractivity contribution in [3.63, 3.8) is 0 Å². The van der Waals surface area contributed by atoms with Gasteiger partial charge in [-0.3, -0.25) is 10.2 Å². The molecule has 0 atom stereocenters.